The summed E-state index contributed by atoms with van der Waals surface area (Å²) in [5, 5.41) is 9.13. The van der Waals surface area contributed by atoms with Crippen molar-refractivity contribution >= 4 is 12.1 Å². The Morgan fingerprint density at radius 3 is 2.67 bits per heavy atom. The molecule has 1 fully saturated rings. The summed E-state index contributed by atoms with van der Waals surface area (Å²) < 4.78 is 5.25. The highest BCUT2D eigenvalue weighted by atomic mass is 16.6. The molecule has 0 aromatic heterocycles. The lowest BCUT2D eigenvalue weighted by molar-refractivity contribution is -0.145. The fraction of sp³-hybridized carbons (Fsp3) is 0.467. The summed E-state index contributed by atoms with van der Waals surface area (Å²) in [5.41, 5.74) is 6.53. The molecule has 1 aliphatic heterocycles. The number of amides is 1. The molecule has 0 spiro atoms. The van der Waals surface area contributed by atoms with Crippen molar-refractivity contribution in [3.63, 3.8) is 0 Å². The molecule has 1 aromatic carbocycles. The molecule has 0 radical (unpaired) electrons. The number of likely N-dealkylation sites (tertiary alicyclic amines) is 1. The number of hydrogen-bond donors (Lipinski definition) is 2. The Morgan fingerprint density at radius 2 is 2.05 bits per heavy atom. The summed E-state index contributed by atoms with van der Waals surface area (Å²) >= 11 is 0. The van der Waals surface area contributed by atoms with E-state index in [1.165, 1.54) is 0 Å². The van der Waals surface area contributed by atoms with Crippen LogP contribution in [-0.4, -0.2) is 41.7 Å². The maximum Gasteiger partial charge on any atom is 0.410 e. The number of benzene rings is 1. The molecule has 3 N–H and O–H groups in total. The van der Waals surface area contributed by atoms with Crippen LogP contribution in [0.1, 0.15) is 12.0 Å². The largest absolute Gasteiger partial charge is 0.481 e. The Labute approximate surface area is 123 Å². The number of aliphatic carboxylic acids is 1. The number of carboxylic acids is 1. The summed E-state index contributed by atoms with van der Waals surface area (Å²) in [6, 6.07) is 9.42. The third-order valence-corrected chi connectivity index (χ3v) is 3.82. The average Bonchev–Trinajstić information content (AvgIpc) is 2.52. The van der Waals surface area contributed by atoms with Crippen molar-refractivity contribution in [2.75, 3.05) is 19.6 Å². The smallest absolute Gasteiger partial charge is 0.410 e. The van der Waals surface area contributed by atoms with Crippen LogP contribution in [0.15, 0.2) is 30.3 Å². The number of rotatable bonds is 4. The number of carboxylic acid groups (broad SMARTS) is 1. The molecule has 0 aliphatic carbocycles. The Hall–Kier alpha value is -2.08. The van der Waals surface area contributed by atoms with Crippen LogP contribution in [0.2, 0.25) is 0 Å². The van der Waals surface area contributed by atoms with Crippen LogP contribution in [0, 0.1) is 11.8 Å². The van der Waals surface area contributed by atoms with Crippen LogP contribution in [-0.2, 0) is 16.1 Å². The second kappa shape index (κ2) is 7.08. The van der Waals surface area contributed by atoms with Crippen LogP contribution in [0.3, 0.4) is 0 Å². The molecule has 6 nitrogen and oxygen atoms in total. The van der Waals surface area contributed by atoms with Crippen molar-refractivity contribution in [3.8, 4) is 0 Å². The maximum atomic E-state index is 12.0. The molecule has 21 heavy (non-hydrogen) atoms. The summed E-state index contributed by atoms with van der Waals surface area (Å²) in [6.45, 7) is 1.19. The Balaban J connectivity index is 1.87. The molecule has 114 valence electrons. The molecular weight excluding hydrogens is 272 g/mol. The van der Waals surface area contributed by atoms with Gasteiger partial charge in [-0.05, 0) is 18.5 Å². The second-order valence-corrected chi connectivity index (χ2v) is 5.22. The van der Waals surface area contributed by atoms with Gasteiger partial charge in [-0.2, -0.15) is 0 Å². The van der Waals surface area contributed by atoms with E-state index in [1.807, 2.05) is 30.3 Å². The summed E-state index contributed by atoms with van der Waals surface area (Å²) in [4.78, 5) is 24.7. The zero-order valence-corrected chi connectivity index (χ0v) is 11.8. The summed E-state index contributed by atoms with van der Waals surface area (Å²) in [6.07, 6.45) is -0.00129. The van der Waals surface area contributed by atoms with Gasteiger partial charge in [0.15, 0.2) is 0 Å². The third kappa shape index (κ3) is 3.95. The number of nitrogens with two attached hydrogens (primary N) is 1. The summed E-state index contributed by atoms with van der Waals surface area (Å²) in [5.74, 6) is -1.54. The van der Waals surface area contributed by atoms with E-state index < -0.39 is 18.0 Å². The topological polar surface area (TPSA) is 92.9 Å². The SMILES string of the molecule is NCC1CN(C(=O)OCc2ccccc2)CCC1C(=O)O. The van der Waals surface area contributed by atoms with Crippen molar-refractivity contribution in [1.29, 1.82) is 0 Å². The van der Waals surface area contributed by atoms with Gasteiger partial charge < -0.3 is 20.5 Å². The van der Waals surface area contributed by atoms with Crippen LogP contribution >= 0.6 is 0 Å². The molecule has 2 rings (SSSR count). The third-order valence-electron chi connectivity index (χ3n) is 3.82. The molecule has 0 bridgehead atoms. The fourth-order valence-electron chi connectivity index (χ4n) is 2.57. The molecule has 1 amide bonds. The van der Waals surface area contributed by atoms with Gasteiger partial charge in [0.25, 0.3) is 0 Å². The van der Waals surface area contributed by atoms with E-state index in [-0.39, 0.29) is 19.1 Å². The van der Waals surface area contributed by atoms with Crippen LogP contribution in [0.4, 0.5) is 4.79 Å². The Kier molecular flexibility index (Phi) is 5.16. The minimum atomic E-state index is -0.845. The number of carbonyl (C=O) groups excluding carboxylic acids is 1. The van der Waals surface area contributed by atoms with Gasteiger partial charge in [0.2, 0.25) is 0 Å². The lowest BCUT2D eigenvalue weighted by Crippen LogP contribution is -2.48. The number of hydrogen-bond acceptors (Lipinski definition) is 4. The molecule has 1 saturated heterocycles. The molecule has 2 unspecified atom stereocenters. The van der Waals surface area contributed by atoms with E-state index in [0.29, 0.717) is 19.5 Å². The lowest BCUT2D eigenvalue weighted by atomic mass is 9.86. The first-order valence-electron chi connectivity index (χ1n) is 7.00. The van der Waals surface area contributed by atoms with E-state index in [4.69, 9.17) is 15.6 Å². The maximum absolute atomic E-state index is 12.0. The number of nitrogens with zero attached hydrogens (tertiary/aromatic N) is 1. The first-order valence-corrected chi connectivity index (χ1v) is 7.00. The van der Waals surface area contributed by atoms with Gasteiger partial charge in [-0.3, -0.25) is 4.79 Å². The van der Waals surface area contributed by atoms with Crippen LogP contribution in [0.25, 0.3) is 0 Å². The Bertz CT molecular complexity index is 492. The molecule has 1 heterocycles. The molecule has 1 aliphatic rings. The van der Waals surface area contributed by atoms with Gasteiger partial charge in [-0.15, -0.1) is 0 Å². The van der Waals surface area contributed by atoms with Crippen LogP contribution < -0.4 is 5.73 Å². The number of ether oxygens (including phenoxy) is 1. The van der Waals surface area contributed by atoms with Crippen molar-refractivity contribution in [2.24, 2.45) is 17.6 Å². The second-order valence-electron chi connectivity index (χ2n) is 5.22. The average molecular weight is 292 g/mol. The molecule has 0 saturated carbocycles. The highest BCUT2D eigenvalue weighted by Gasteiger charge is 2.35. The highest BCUT2D eigenvalue weighted by molar-refractivity contribution is 5.72. The molecule has 6 heteroatoms. The zero-order valence-electron chi connectivity index (χ0n) is 11.8. The van der Waals surface area contributed by atoms with Crippen molar-refractivity contribution in [3.05, 3.63) is 35.9 Å². The number of piperidine rings is 1. The molecule has 1 aromatic rings. The monoisotopic (exact) mass is 292 g/mol. The van der Waals surface area contributed by atoms with E-state index in [1.54, 1.807) is 4.90 Å². The lowest BCUT2D eigenvalue weighted by Gasteiger charge is -2.35. The normalized spacial score (nSPS) is 21.9. The van der Waals surface area contributed by atoms with E-state index in [9.17, 15) is 9.59 Å². The zero-order chi connectivity index (χ0) is 15.2. The minimum absolute atomic E-state index is 0.214. The van der Waals surface area contributed by atoms with Gasteiger partial charge in [-0.1, -0.05) is 30.3 Å². The van der Waals surface area contributed by atoms with Crippen molar-refractivity contribution < 1.29 is 19.4 Å². The fourth-order valence-corrected chi connectivity index (χ4v) is 2.57. The van der Waals surface area contributed by atoms with Crippen LogP contribution in [0.5, 0.6) is 0 Å². The van der Waals surface area contributed by atoms with E-state index in [0.717, 1.165) is 5.56 Å². The molecule has 2 atom stereocenters. The van der Waals surface area contributed by atoms with Gasteiger partial charge in [0.1, 0.15) is 6.61 Å². The van der Waals surface area contributed by atoms with Gasteiger partial charge in [-0.25, -0.2) is 4.79 Å². The predicted molar refractivity (Wildman–Crippen MR) is 76.5 cm³/mol. The quantitative estimate of drug-likeness (QED) is 0.872. The standard InChI is InChI=1S/C15H20N2O4/c16-8-12-9-17(7-6-13(12)14(18)19)15(20)21-10-11-4-2-1-3-5-11/h1-5,12-13H,6-10,16H2,(H,18,19). The van der Waals surface area contributed by atoms with E-state index in [2.05, 4.69) is 0 Å². The van der Waals surface area contributed by atoms with Gasteiger partial charge >= 0.3 is 12.1 Å². The number of carbonyl (C=O) groups is 2. The van der Waals surface area contributed by atoms with Gasteiger partial charge in [0.05, 0.1) is 5.92 Å². The minimum Gasteiger partial charge on any atom is -0.481 e. The van der Waals surface area contributed by atoms with Gasteiger partial charge in [0, 0.05) is 19.0 Å². The van der Waals surface area contributed by atoms with Crippen molar-refractivity contribution in [1.82, 2.24) is 4.90 Å². The van der Waals surface area contributed by atoms with E-state index >= 15 is 0 Å². The Morgan fingerprint density at radius 1 is 1.33 bits per heavy atom. The first-order chi connectivity index (χ1) is 10.1. The first kappa shape index (κ1) is 15.3. The summed E-state index contributed by atoms with van der Waals surface area (Å²) in [7, 11) is 0. The predicted octanol–water partition coefficient (Wildman–Crippen LogP) is 1.30. The molecular formula is C15H20N2O4. The van der Waals surface area contributed by atoms with Crippen molar-refractivity contribution in [2.45, 2.75) is 13.0 Å². The highest BCUT2D eigenvalue weighted by Crippen LogP contribution is 2.23.